The second kappa shape index (κ2) is 4.49. The second-order valence-electron chi connectivity index (χ2n) is 4.87. The highest BCUT2D eigenvalue weighted by molar-refractivity contribution is 5.85. The number of carbonyl (C=O) groups excluding carboxylic acids is 1. The molecule has 0 heterocycles. The first-order valence-electron chi connectivity index (χ1n) is 5.63. The van der Waals surface area contributed by atoms with Gasteiger partial charge in [0.1, 0.15) is 5.54 Å². The fourth-order valence-electron chi connectivity index (χ4n) is 1.97. The molecule has 0 aromatic rings. The Morgan fingerprint density at radius 1 is 1.60 bits per heavy atom. The molecule has 1 aliphatic rings. The van der Waals surface area contributed by atoms with E-state index in [2.05, 4.69) is 24.1 Å². The third-order valence-corrected chi connectivity index (χ3v) is 3.54. The molecular formula is C11H23N3O. The number of rotatable bonds is 6. The maximum Gasteiger partial charge on any atom is 0.239 e. The van der Waals surface area contributed by atoms with Gasteiger partial charge in [0.15, 0.2) is 0 Å². The van der Waals surface area contributed by atoms with Crippen LogP contribution in [0.25, 0.3) is 0 Å². The summed E-state index contributed by atoms with van der Waals surface area (Å²) in [6.45, 7) is 4.93. The number of hydrogen-bond donors (Lipinski definition) is 2. The van der Waals surface area contributed by atoms with Gasteiger partial charge in [-0.1, -0.05) is 0 Å². The molecule has 1 amide bonds. The molecule has 0 spiro atoms. The molecule has 1 unspecified atom stereocenters. The topological polar surface area (TPSA) is 58.4 Å². The summed E-state index contributed by atoms with van der Waals surface area (Å²) in [6, 6.07) is 0.427. The van der Waals surface area contributed by atoms with Gasteiger partial charge in [0.05, 0.1) is 0 Å². The number of amides is 1. The zero-order chi connectivity index (χ0) is 11.6. The van der Waals surface area contributed by atoms with Gasteiger partial charge in [-0.3, -0.25) is 4.79 Å². The van der Waals surface area contributed by atoms with Crippen LogP contribution in [0, 0.1) is 5.92 Å². The van der Waals surface area contributed by atoms with Gasteiger partial charge in [-0.05, 0) is 46.7 Å². The van der Waals surface area contributed by atoms with Crippen LogP contribution in [0.4, 0.5) is 0 Å². The van der Waals surface area contributed by atoms with Gasteiger partial charge in [0.2, 0.25) is 5.91 Å². The van der Waals surface area contributed by atoms with Crippen molar-refractivity contribution in [3.05, 3.63) is 0 Å². The number of primary amides is 1. The van der Waals surface area contributed by atoms with Crippen LogP contribution >= 0.6 is 0 Å². The van der Waals surface area contributed by atoms with Crippen molar-refractivity contribution in [2.24, 2.45) is 11.7 Å². The Morgan fingerprint density at radius 2 is 2.13 bits per heavy atom. The van der Waals surface area contributed by atoms with E-state index in [9.17, 15) is 4.79 Å². The molecule has 1 rings (SSSR count). The first-order valence-corrected chi connectivity index (χ1v) is 5.63. The normalized spacial score (nSPS) is 20.7. The molecule has 3 N–H and O–H groups in total. The van der Waals surface area contributed by atoms with E-state index in [0.29, 0.717) is 18.5 Å². The summed E-state index contributed by atoms with van der Waals surface area (Å²) in [5.41, 5.74) is 5.01. The Kier molecular flexibility index (Phi) is 3.73. The van der Waals surface area contributed by atoms with E-state index in [0.717, 1.165) is 12.8 Å². The van der Waals surface area contributed by atoms with E-state index in [4.69, 9.17) is 5.73 Å². The maximum absolute atomic E-state index is 11.6. The number of carbonyl (C=O) groups is 1. The van der Waals surface area contributed by atoms with Crippen LogP contribution in [0.2, 0.25) is 0 Å². The van der Waals surface area contributed by atoms with Crippen LogP contribution in [0.3, 0.4) is 0 Å². The standard InChI is InChI=1S/C11H23N3O/c1-8(2)14(4)7-11(13-3,10(12)15)9-5-6-9/h8-9,13H,5-7H2,1-4H3,(H2,12,15). The SMILES string of the molecule is CNC(CN(C)C(C)C)(C(N)=O)C1CC1. The molecule has 1 atom stereocenters. The lowest BCUT2D eigenvalue weighted by molar-refractivity contribution is -0.126. The number of likely N-dealkylation sites (N-methyl/N-ethyl adjacent to an activating group) is 2. The van der Waals surface area contributed by atoms with Gasteiger partial charge < -0.3 is 16.0 Å². The molecule has 88 valence electrons. The molecule has 0 aliphatic heterocycles. The van der Waals surface area contributed by atoms with Crippen molar-refractivity contribution in [3.63, 3.8) is 0 Å². The average molecular weight is 213 g/mol. The molecule has 1 fully saturated rings. The van der Waals surface area contributed by atoms with Crippen molar-refractivity contribution in [1.82, 2.24) is 10.2 Å². The average Bonchev–Trinajstić information content (AvgIpc) is 2.96. The molecule has 4 heteroatoms. The Balaban J connectivity index is 2.75. The third kappa shape index (κ3) is 2.49. The predicted octanol–water partition coefficient (Wildman–Crippen LogP) is 0.180. The summed E-state index contributed by atoms with van der Waals surface area (Å²) >= 11 is 0. The first kappa shape index (κ1) is 12.5. The third-order valence-electron chi connectivity index (χ3n) is 3.54. The van der Waals surface area contributed by atoms with Crippen LogP contribution in [0.15, 0.2) is 0 Å². The summed E-state index contributed by atoms with van der Waals surface area (Å²) < 4.78 is 0. The highest BCUT2D eigenvalue weighted by Gasteiger charge is 2.49. The Morgan fingerprint density at radius 3 is 2.40 bits per heavy atom. The molecule has 0 aromatic heterocycles. The Hall–Kier alpha value is -0.610. The molecule has 4 nitrogen and oxygen atoms in total. The van der Waals surface area contributed by atoms with E-state index in [1.807, 2.05) is 14.1 Å². The summed E-state index contributed by atoms with van der Waals surface area (Å²) in [6.07, 6.45) is 2.21. The zero-order valence-electron chi connectivity index (χ0n) is 10.2. The van der Waals surface area contributed by atoms with E-state index in [-0.39, 0.29) is 5.91 Å². The fraction of sp³-hybridized carbons (Fsp3) is 0.909. The number of hydrogen-bond acceptors (Lipinski definition) is 3. The number of nitrogens with two attached hydrogens (primary N) is 1. The van der Waals surface area contributed by atoms with E-state index >= 15 is 0 Å². The quantitative estimate of drug-likeness (QED) is 0.662. The van der Waals surface area contributed by atoms with Crippen molar-refractivity contribution in [1.29, 1.82) is 0 Å². The van der Waals surface area contributed by atoms with Crippen molar-refractivity contribution in [3.8, 4) is 0 Å². The maximum atomic E-state index is 11.6. The molecule has 0 bridgehead atoms. The van der Waals surface area contributed by atoms with Crippen LogP contribution in [0.1, 0.15) is 26.7 Å². The minimum absolute atomic E-state index is 0.222. The van der Waals surface area contributed by atoms with E-state index in [1.165, 1.54) is 0 Å². The van der Waals surface area contributed by atoms with Gasteiger partial charge in [-0.2, -0.15) is 0 Å². The molecule has 1 saturated carbocycles. The highest BCUT2D eigenvalue weighted by Crippen LogP contribution is 2.40. The first-order chi connectivity index (χ1) is 6.94. The lowest BCUT2D eigenvalue weighted by Crippen LogP contribution is -2.62. The van der Waals surface area contributed by atoms with Crippen molar-refractivity contribution < 1.29 is 4.79 Å². The molecule has 1 aliphatic carbocycles. The largest absolute Gasteiger partial charge is 0.368 e. The molecule has 0 aromatic carbocycles. The van der Waals surface area contributed by atoms with Gasteiger partial charge in [-0.15, -0.1) is 0 Å². The highest BCUT2D eigenvalue weighted by atomic mass is 16.1. The number of nitrogens with zero attached hydrogens (tertiary/aromatic N) is 1. The second-order valence-corrected chi connectivity index (χ2v) is 4.87. The lowest BCUT2D eigenvalue weighted by Gasteiger charge is -2.36. The van der Waals surface area contributed by atoms with Crippen molar-refractivity contribution in [2.45, 2.75) is 38.3 Å². The van der Waals surface area contributed by atoms with Gasteiger partial charge >= 0.3 is 0 Å². The van der Waals surface area contributed by atoms with Crippen LogP contribution in [-0.2, 0) is 4.79 Å². The number of nitrogens with one attached hydrogen (secondary N) is 1. The molecule has 0 saturated heterocycles. The summed E-state index contributed by atoms with van der Waals surface area (Å²) in [5.74, 6) is 0.196. The van der Waals surface area contributed by atoms with E-state index in [1.54, 1.807) is 0 Å². The Bertz CT molecular complexity index is 238. The summed E-state index contributed by atoms with van der Waals surface area (Å²) in [5, 5.41) is 3.15. The summed E-state index contributed by atoms with van der Waals surface area (Å²) in [4.78, 5) is 13.8. The Labute approximate surface area is 92.2 Å². The van der Waals surface area contributed by atoms with Gasteiger partial charge in [-0.25, -0.2) is 0 Å². The zero-order valence-corrected chi connectivity index (χ0v) is 10.2. The monoisotopic (exact) mass is 213 g/mol. The summed E-state index contributed by atoms with van der Waals surface area (Å²) in [7, 11) is 3.86. The lowest BCUT2D eigenvalue weighted by atomic mass is 9.91. The smallest absolute Gasteiger partial charge is 0.239 e. The van der Waals surface area contributed by atoms with Gasteiger partial charge in [0.25, 0.3) is 0 Å². The van der Waals surface area contributed by atoms with E-state index < -0.39 is 5.54 Å². The van der Waals surface area contributed by atoms with Crippen LogP contribution in [-0.4, -0.2) is 43.0 Å². The van der Waals surface area contributed by atoms with Crippen LogP contribution in [0.5, 0.6) is 0 Å². The molecule has 0 radical (unpaired) electrons. The fourth-order valence-corrected chi connectivity index (χ4v) is 1.97. The minimum Gasteiger partial charge on any atom is -0.368 e. The molecular weight excluding hydrogens is 190 g/mol. The van der Waals surface area contributed by atoms with Crippen molar-refractivity contribution in [2.75, 3.05) is 20.6 Å². The predicted molar refractivity (Wildman–Crippen MR) is 61.5 cm³/mol. The minimum atomic E-state index is -0.529. The van der Waals surface area contributed by atoms with Gasteiger partial charge in [0, 0.05) is 12.6 Å². The van der Waals surface area contributed by atoms with Crippen molar-refractivity contribution >= 4 is 5.91 Å². The molecule has 15 heavy (non-hydrogen) atoms. The van der Waals surface area contributed by atoms with Crippen LogP contribution < -0.4 is 11.1 Å².